The molecule has 0 bridgehead atoms. The van der Waals surface area contributed by atoms with E-state index < -0.39 is 23.9 Å². The van der Waals surface area contributed by atoms with E-state index >= 15 is 0 Å². The molecule has 2 amide bonds. The second kappa shape index (κ2) is 8.46. The van der Waals surface area contributed by atoms with Gasteiger partial charge < -0.3 is 9.84 Å². The molecule has 1 atom stereocenters. The van der Waals surface area contributed by atoms with Gasteiger partial charge in [-0.05, 0) is 80.0 Å². The van der Waals surface area contributed by atoms with Crippen LogP contribution < -0.4 is 15.0 Å². The molecule has 30 heavy (non-hydrogen) atoms. The van der Waals surface area contributed by atoms with Crippen molar-refractivity contribution in [3.63, 3.8) is 0 Å². The van der Waals surface area contributed by atoms with E-state index in [1.54, 1.807) is 30.3 Å². The number of nitrogens with one attached hydrogen (secondary N) is 1. The molecule has 2 N–H and O–H groups in total. The summed E-state index contributed by atoms with van der Waals surface area (Å²) in [5.74, 6) is -1.81. The van der Waals surface area contributed by atoms with Gasteiger partial charge in [0.05, 0.1) is 5.69 Å². The standard InChI is InChI=1S/C22H20N2O5S/c1-12-4-7-16(10-13(12)2)24-20(26)18(19(25)23-22(24)30)11-15-5-8-17(9-6-15)29-14(3)21(27)28/h4-11,14H,1-3H3,(H,27,28)(H,23,25,30)/b18-11+/t14-/m1/s1. The number of hydrogen-bond donors (Lipinski definition) is 2. The van der Waals surface area contributed by atoms with Crippen LogP contribution in [0.2, 0.25) is 0 Å². The van der Waals surface area contributed by atoms with Gasteiger partial charge >= 0.3 is 5.97 Å². The Labute approximate surface area is 179 Å². The van der Waals surface area contributed by atoms with Crippen molar-refractivity contribution in [2.45, 2.75) is 26.9 Å². The van der Waals surface area contributed by atoms with Crippen molar-refractivity contribution in [3.05, 3.63) is 64.7 Å². The molecule has 1 fully saturated rings. The van der Waals surface area contributed by atoms with E-state index in [0.717, 1.165) is 11.1 Å². The number of rotatable bonds is 5. The van der Waals surface area contributed by atoms with Crippen LogP contribution >= 0.6 is 12.2 Å². The van der Waals surface area contributed by atoms with Crippen LogP contribution in [0.5, 0.6) is 5.75 Å². The lowest BCUT2D eigenvalue weighted by Crippen LogP contribution is -2.54. The van der Waals surface area contributed by atoms with Gasteiger partial charge in [0.1, 0.15) is 11.3 Å². The van der Waals surface area contributed by atoms with E-state index in [9.17, 15) is 14.4 Å². The van der Waals surface area contributed by atoms with Crippen LogP contribution in [0, 0.1) is 13.8 Å². The number of thiocarbonyl (C=S) groups is 1. The molecule has 0 aromatic heterocycles. The second-order valence-corrected chi connectivity index (χ2v) is 7.28. The highest BCUT2D eigenvalue weighted by Crippen LogP contribution is 2.25. The SMILES string of the molecule is Cc1ccc(N2C(=O)/C(=C/c3ccc(O[C@H](C)C(=O)O)cc3)C(=O)NC2=S)cc1C. The number of ether oxygens (including phenoxy) is 1. The molecule has 0 saturated carbocycles. The van der Waals surface area contributed by atoms with E-state index in [-0.39, 0.29) is 10.7 Å². The lowest BCUT2D eigenvalue weighted by Gasteiger charge is -2.29. The van der Waals surface area contributed by atoms with Crippen LogP contribution in [0.4, 0.5) is 5.69 Å². The molecule has 0 spiro atoms. The van der Waals surface area contributed by atoms with Gasteiger partial charge in [-0.1, -0.05) is 18.2 Å². The maximum atomic E-state index is 13.1. The number of aryl methyl sites for hydroxylation is 2. The van der Waals surface area contributed by atoms with Crippen molar-refractivity contribution in [2.24, 2.45) is 0 Å². The first-order valence-electron chi connectivity index (χ1n) is 9.15. The molecule has 2 aromatic rings. The van der Waals surface area contributed by atoms with Gasteiger partial charge in [-0.3, -0.25) is 19.8 Å². The second-order valence-electron chi connectivity index (χ2n) is 6.89. The number of hydrogen-bond acceptors (Lipinski definition) is 5. The highest BCUT2D eigenvalue weighted by Gasteiger charge is 2.34. The summed E-state index contributed by atoms with van der Waals surface area (Å²) >= 11 is 5.22. The number of nitrogens with zero attached hydrogens (tertiary/aromatic N) is 1. The largest absolute Gasteiger partial charge is 0.479 e. The predicted octanol–water partition coefficient (Wildman–Crippen LogP) is 2.99. The van der Waals surface area contributed by atoms with Crippen LogP contribution in [0.1, 0.15) is 23.6 Å². The molecule has 8 heteroatoms. The van der Waals surface area contributed by atoms with Gasteiger partial charge in [0.25, 0.3) is 11.8 Å². The molecular weight excluding hydrogens is 404 g/mol. The summed E-state index contributed by atoms with van der Waals surface area (Å²) in [7, 11) is 0. The molecule has 1 saturated heterocycles. The van der Waals surface area contributed by atoms with Crippen LogP contribution in [0.3, 0.4) is 0 Å². The number of aliphatic carboxylic acids is 1. The van der Waals surface area contributed by atoms with Crippen LogP contribution in [-0.2, 0) is 14.4 Å². The molecule has 3 rings (SSSR count). The fourth-order valence-electron chi connectivity index (χ4n) is 2.82. The normalized spacial score (nSPS) is 16.4. The lowest BCUT2D eigenvalue weighted by atomic mass is 10.1. The lowest BCUT2D eigenvalue weighted by molar-refractivity contribution is -0.144. The molecule has 0 aliphatic carbocycles. The zero-order valence-corrected chi connectivity index (χ0v) is 17.4. The van der Waals surface area contributed by atoms with E-state index in [1.807, 2.05) is 26.0 Å². The monoisotopic (exact) mass is 424 g/mol. The van der Waals surface area contributed by atoms with Gasteiger partial charge in [0.2, 0.25) is 0 Å². The number of carboxylic acid groups (broad SMARTS) is 1. The summed E-state index contributed by atoms with van der Waals surface area (Å²) in [6.07, 6.45) is 0.463. The third kappa shape index (κ3) is 4.38. The maximum absolute atomic E-state index is 13.1. The van der Waals surface area contributed by atoms with E-state index in [2.05, 4.69) is 5.32 Å². The van der Waals surface area contributed by atoms with Gasteiger partial charge in [-0.25, -0.2) is 4.79 Å². The molecule has 154 valence electrons. The zero-order valence-electron chi connectivity index (χ0n) is 16.6. The van der Waals surface area contributed by atoms with Gasteiger partial charge in [0.15, 0.2) is 11.2 Å². The minimum Gasteiger partial charge on any atom is -0.479 e. The van der Waals surface area contributed by atoms with E-state index in [0.29, 0.717) is 17.0 Å². The molecular formula is C22H20N2O5S. The third-order valence-corrected chi connectivity index (χ3v) is 4.99. The van der Waals surface area contributed by atoms with Crippen LogP contribution in [0.15, 0.2) is 48.0 Å². The molecule has 1 aliphatic heterocycles. The Balaban J connectivity index is 1.88. The van der Waals surface area contributed by atoms with E-state index in [4.69, 9.17) is 22.1 Å². The Kier molecular flexibility index (Phi) is 5.98. The van der Waals surface area contributed by atoms with Crippen molar-refractivity contribution in [1.29, 1.82) is 0 Å². The summed E-state index contributed by atoms with van der Waals surface area (Å²) in [6.45, 7) is 5.32. The molecule has 0 unspecified atom stereocenters. The average molecular weight is 424 g/mol. The van der Waals surface area contributed by atoms with Crippen molar-refractivity contribution in [3.8, 4) is 5.75 Å². The zero-order chi connectivity index (χ0) is 22.0. The summed E-state index contributed by atoms with van der Waals surface area (Å²) in [5, 5.41) is 11.5. The molecule has 0 radical (unpaired) electrons. The van der Waals surface area contributed by atoms with Gasteiger partial charge in [0, 0.05) is 0 Å². The van der Waals surface area contributed by atoms with Crippen LogP contribution in [0.25, 0.3) is 6.08 Å². The Morgan fingerprint density at radius 3 is 2.40 bits per heavy atom. The quantitative estimate of drug-likeness (QED) is 0.435. The Hall–Kier alpha value is -3.52. The minimum atomic E-state index is -1.08. The van der Waals surface area contributed by atoms with Gasteiger partial charge in [-0.15, -0.1) is 0 Å². The van der Waals surface area contributed by atoms with Crippen molar-refractivity contribution in [1.82, 2.24) is 5.32 Å². The summed E-state index contributed by atoms with van der Waals surface area (Å²) < 4.78 is 5.28. The van der Waals surface area contributed by atoms with Crippen molar-refractivity contribution < 1.29 is 24.2 Å². The Morgan fingerprint density at radius 1 is 1.13 bits per heavy atom. The molecule has 2 aromatic carbocycles. The smallest absolute Gasteiger partial charge is 0.344 e. The van der Waals surface area contributed by atoms with Gasteiger partial charge in [-0.2, -0.15) is 0 Å². The first-order chi connectivity index (χ1) is 14.2. The minimum absolute atomic E-state index is 0.0248. The predicted molar refractivity (Wildman–Crippen MR) is 116 cm³/mol. The number of amides is 2. The number of carboxylic acids is 1. The highest BCUT2D eigenvalue weighted by molar-refractivity contribution is 7.80. The maximum Gasteiger partial charge on any atom is 0.344 e. The molecule has 1 heterocycles. The summed E-state index contributed by atoms with van der Waals surface area (Å²) in [5.41, 5.74) is 3.17. The number of benzene rings is 2. The van der Waals surface area contributed by atoms with Crippen LogP contribution in [-0.4, -0.2) is 34.1 Å². The highest BCUT2D eigenvalue weighted by atomic mass is 32.1. The number of anilines is 1. The summed E-state index contributed by atoms with van der Waals surface area (Å²) in [4.78, 5) is 37.6. The fourth-order valence-corrected chi connectivity index (χ4v) is 3.10. The Morgan fingerprint density at radius 2 is 1.80 bits per heavy atom. The third-order valence-electron chi connectivity index (χ3n) is 4.70. The fraction of sp³-hybridized carbons (Fsp3) is 0.182. The van der Waals surface area contributed by atoms with E-state index in [1.165, 1.54) is 17.9 Å². The number of carbonyl (C=O) groups is 3. The number of carbonyl (C=O) groups excluding carboxylic acids is 2. The van der Waals surface area contributed by atoms with Crippen molar-refractivity contribution in [2.75, 3.05) is 4.90 Å². The summed E-state index contributed by atoms with van der Waals surface area (Å²) in [6, 6.07) is 11.9. The molecule has 1 aliphatic rings. The Bertz CT molecular complexity index is 1080. The average Bonchev–Trinajstić information content (AvgIpc) is 2.69. The first kappa shape index (κ1) is 21.2. The topological polar surface area (TPSA) is 95.9 Å². The molecule has 7 nitrogen and oxygen atoms in total. The van der Waals surface area contributed by atoms with Crippen molar-refractivity contribution >= 4 is 46.9 Å². The first-order valence-corrected chi connectivity index (χ1v) is 9.56.